The van der Waals surface area contributed by atoms with Crippen LogP contribution in [0.25, 0.3) is 0 Å². The van der Waals surface area contributed by atoms with Gasteiger partial charge in [-0.15, -0.1) is 0 Å². The Bertz CT molecular complexity index is 1740. The van der Waals surface area contributed by atoms with E-state index in [1.165, 1.54) is 71.1 Å². The molecule has 0 radical (unpaired) electrons. The number of hydrogen-bond acceptors (Lipinski definition) is 25. The molecule has 27 nitrogen and oxygen atoms in total. The number of nitro groups is 2. The van der Waals surface area contributed by atoms with Crippen LogP contribution in [0.5, 0.6) is 59.1 Å². The molecule has 0 saturated carbocycles. The van der Waals surface area contributed by atoms with Gasteiger partial charge in [0.25, 0.3) is 0 Å². The quantitative estimate of drug-likeness (QED) is 0.0692. The van der Waals surface area contributed by atoms with E-state index in [0.29, 0.717) is 11.8 Å². The van der Waals surface area contributed by atoms with E-state index in [2.05, 4.69) is 49.3 Å². The minimum atomic E-state index is -0.700. The maximum Gasteiger partial charge on any atom is 1.00 e. The van der Waals surface area contributed by atoms with Crippen LogP contribution in [0.2, 0.25) is 10.6 Å². The Morgan fingerprint density at radius 3 is 1.00 bits per heavy atom. The Morgan fingerprint density at radius 1 is 0.500 bits per heavy atom. The van der Waals surface area contributed by atoms with E-state index in [1.807, 2.05) is 0 Å². The average molecular weight is 881 g/mol. The van der Waals surface area contributed by atoms with Gasteiger partial charge in [-0.2, -0.15) is 47.0 Å². The second-order valence-corrected chi connectivity index (χ2v) is 8.99. The third-order valence-corrected chi connectivity index (χ3v) is 5.75. The number of ether oxygens (including phenoxy) is 10. The summed E-state index contributed by atoms with van der Waals surface area (Å²) in [6.45, 7) is 0. The van der Waals surface area contributed by atoms with Gasteiger partial charge in [0.2, 0.25) is 34.1 Å². The molecule has 0 spiro atoms. The standard InChI is InChI=1S/C7H9N3O5.C7H11N3O3.C6H6ClN3O4.C6H7ClN2O2.CH4O.CH3O.Na/c1-13-5-4(10(11)12)6(14-2)9-7(8-5)15-3;1-11-5-4(8)6(12-2)10-7(9-5)13-3;1-13-4-3(10(11)12)5(14-2)9-6(7)8-4;1-10-4-3-5(11-2)9-6(7)8-4;2*1-2;/h1-3H3;8H2,1-3H3;1-2H3;3H,1-2H3;2H,1H3;1H3;/q;;;;;-1;+1. The summed E-state index contributed by atoms with van der Waals surface area (Å²) in [4.78, 5) is 49.5. The predicted octanol–water partition coefficient (Wildman–Crippen LogP) is -1.71. The van der Waals surface area contributed by atoms with E-state index >= 15 is 0 Å². The number of aromatic nitrogens is 8. The number of rotatable bonds is 12. The van der Waals surface area contributed by atoms with Crippen molar-refractivity contribution in [2.24, 2.45) is 0 Å². The molecule has 4 rings (SSSR count). The van der Waals surface area contributed by atoms with Gasteiger partial charge < -0.3 is 63.3 Å². The first-order chi connectivity index (χ1) is 27.2. The van der Waals surface area contributed by atoms with Crippen molar-refractivity contribution in [1.29, 1.82) is 0 Å². The van der Waals surface area contributed by atoms with Crippen LogP contribution in [-0.2, 0) is 0 Å². The number of nitrogens with zero attached hydrogens (tertiary/aromatic N) is 10. The van der Waals surface area contributed by atoms with E-state index in [4.69, 9.17) is 77.0 Å². The number of methoxy groups -OCH3 is 10. The molecule has 0 unspecified atom stereocenters. The van der Waals surface area contributed by atoms with E-state index in [0.717, 1.165) is 14.2 Å². The van der Waals surface area contributed by atoms with Crippen molar-refractivity contribution in [3.63, 3.8) is 0 Å². The molecule has 30 heteroatoms. The molecular weight excluding hydrogens is 840 g/mol. The third-order valence-electron chi connectivity index (χ3n) is 5.41. The molecule has 3 N–H and O–H groups in total. The smallest absolute Gasteiger partial charge is 0.857 e. The van der Waals surface area contributed by atoms with Crippen LogP contribution in [0.15, 0.2) is 6.07 Å². The molecular formula is C28H40Cl2N11NaO16. The van der Waals surface area contributed by atoms with Crippen molar-refractivity contribution in [3.8, 4) is 59.1 Å². The largest absolute Gasteiger partial charge is 1.00 e. The normalized spacial score (nSPS) is 8.90. The summed E-state index contributed by atoms with van der Waals surface area (Å²) in [6, 6.07) is 1.64. The molecule has 0 amide bonds. The molecule has 0 atom stereocenters. The van der Waals surface area contributed by atoms with Gasteiger partial charge >= 0.3 is 76.5 Å². The Balaban J connectivity index is -0.000000674. The molecule has 0 saturated heterocycles. The first-order valence-electron chi connectivity index (χ1n) is 14.5. The van der Waals surface area contributed by atoms with Crippen molar-refractivity contribution >= 4 is 40.3 Å². The fraction of sp³-hybridized carbons (Fsp3) is 0.429. The molecule has 0 aliphatic heterocycles. The molecule has 4 aromatic rings. The Labute approximate surface area is 362 Å². The molecule has 4 aromatic heterocycles. The number of nitrogens with two attached hydrogens (primary N) is 1. The van der Waals surface area contributed by atoms with Gasteiger partial charge in [0.15, 0.2) is 5.69 Å². The summed E-state index contributed by atoms with van der Waals surface area (Å²) in [7, 11) is 15.4. The van der Waals surface area contributed by atoms with Crippen LogP contribution in [0.1, 0.15) is 0 Å². The van der Waals surface area contributed by atoms with Gasteiger partial charge in [-0.1, -0.05) is 0 Å². The zero-order valence-corrected chi connectivity index (χ0v) is 37.0. The number of anilines is 1. The van der Waals surface area contributed by atoms with Crippen LogP contribution in [0.3, 0.4) is 0 Å². The van der Waals surface area contributed by atoms with Crippen LogP contribution >= 0.6 is 23.2 Å². The minimum absolute atomic E-state index is 0. The molecule has 0 aromatic carbocycles. The van der Waals surface area contributed by atoms with Gasteiger partial charge in [-0.05, 0) is 23.2 Å². The molecule has 4 heterocycles. The van der Waals surface area contributed by atoms with Crippen molar-refractivity contribution in [2.75, 3.05) is 91.1 Å². The topological polar surface area (TPSA) is 351 Å². The van der Waals surface area contributed by atoms with Gasteiger partial charge in [0, 0.05) is 7.11 Å². The Hall–Kier alpha value is -5.58. The van der Waals surface area contributed by atoms with Gasteiger partial charge in [0.1, 0.15) is 0 Å². The van der Waals surface area contributed by atoms with Gasteiger partial charge in [-0.25, -0.2) is 0 Å². The van der Waals surface area contributed by atoms with Crippen LogP contribution in [-0.4, -0.2) is 140 Å². The van der Waals surface area contributed by atoms with Crippen molar-refractivity contribution in [1.82, 2.24) is 39.9 Å². The van der Waals surface area contributed by atoms with E-state index in [-0.39, 0.29) is 93.1 Å². The molecule has 58 heavy (non-hydrogen) atoms. The monoisotopic (exact) mass is 879 g/mol. The van der Waals surface area contributed by atoms with Crippen LogP contribution in [0, 0.1) is 20.2 Å². The number of nitrogen functional groups attached to an aromatic ring is 1. The summed E-state index contributed by atoms with van der Waals surface area (Å²) in [5, 5.41) is 36.5. The SMILES string of the molecule is CO.COc1cc(OC)nc(Cl)n1.COc1nc(Cl)nc(OC)c1[N+](=O)[O-].COc1nc(OC)c(N)c(OC)n1.COc1nc(OC)c([N+](=O)[O-])c(OC)n1.C[O-].[Na+]. The molecule has 0 fully saturated rings. The van der Waals surface area contributed by atoms with Gasteiger partial charge in [0.05, 0.1) is 87.0 Å². The Morgan fingerprint density at radius 2 is 0.759 bits per heavy atom. The number of aliphatic hydroxyl groups excluding tert-OH is 1. The van der Waals surface area contributed by atoms with Gasteiger partial charge in [-0.3, -0.25) is 20.2 Å². The van der Waals surface area contributed by atoms with E-state index in [9.17, 15) is 20.2 Å². The summed E-state index contributed by atoms with van der Waals surface area (Å²) >= 11 is 11.0. The Kier molecular flexibility index (Phi) is 30.8. The fourth-order valence-electron chi connectivity index (χ4n) is 3.16. The van der Waals surface area contributed by atoms with E-state index < -0.39 is 21.2 Å². The number of hydrogen-bond donors (Lipinski definition) is 2. The first kappa shape index (κ1) is 56.7. The summed E-state index contributed by atoms with van der Waals surface area (Å²) in [6.07, 6.45) is 0. The van der Waals surface area contributed by atoms with Crippen molar-refractivity contribution in [2.45, 2.75) is 0 Å². The van der Waals surface area contributed by atoms with Crippen molar-refractivity contribution < 1.29 is 97.0 Å². The van der Waals surface area contributed by atoms with Crippen molar-refractivity contribution in [3.05, 3.63) is 36.9 Å². The molecule has 0 aliphatic rings. The maximum absolute atomic E-state index is 10.7. The maximum atomic E-state index is 10.7. The van der Waals surface area contributed by atoms with Crippen LogP contribution in [0.4, 0.5) is 17.1 Å². The summed E-state index contributed by atoms with van der Waals surface area (Å²) in [5.41, 5.74) is 4.98. The van der Waals surface area contributed by atoms with E-state index in [1.54, 1.807) is 6.07 Å². The molecule has 318 valence electrons. The average Bonchev–Trinajstić information content (AvgIpc) is 3.24. The summed E-state index contributed by atoms with van der Waals surface area (Å²) in [5.74, 6) is 0.391. The zero-order valence-electron chi connectivity index (χ0n) is 33.5. The zero-order chi connectivity index (χ0) is 44.2. The number of aliphatic hydroxyl groups is 1. The first-order valence-corrected chi connectivity index (χ1v) is 15.2. The minimum Gasteiger partial charge on any atom is -0.857 e. The second kappa shape index (κ2) is 31.5. The second-order valence-electron chi connectivity index (χ2n) is 8.32. The molecule has 0 aliphatic carbocycles. The fourth-order valence-corrected chi connectivity index (χ4v) is 3.48. The predicted molar refractivity (Wildman–Crippen MR) is 195 cm³/mol. The summed E-state index contributed by atoms with van der Waals surface area (Å²) < 4.78 is 47.8. The third kappa shape index (κ3) is 18.1. The number of halogens is 2. The van der Waals surface area contributed by atoms with Crippen LogP contribution < -0.4 is 87.8 Å². The molecule has 0 bridgehead atoms.